The van der Waals surface area contributed by atoms with Crippen molar-refractivity contribution < 1.29 is 4.79 Å². The average Bonchev–Trinajstić information content (AvgIpc) is 2.78. The van der Waals surface area contributed by atoms with Crippen LogP contribution in [0.15, 0.2) is 11.6 Å². The zero-order valence-corrected chi connectivity index (χ0v) is 11.7. The summed E-state index contributed by atoms with van der Waals surface area (Å²) >= 11 is 1.65. The number of urea groups is 1. The quantitative estimate of drug-likeness (QED) is 0.915. The molecule has 0 radical (unpaired) electrons. The van der Waals surface area contributed by atoms with Crippen LogP contribution in [-0.2, 0) is 0 Å². The van der Waals surface area contributed by atoms with E-state index >= 15 is 0 Å². The van der Waals surface area contributed by atoms with Crippen LogP contribution < -0.4 is 5.32 Å². The minimum absolute atomic E-state index is 0.0836. The maximum absolute atomic E-state index is 12.0. The highest BCUT2D eigenvalue weighted by Gasteiger charge is 2.16. The van der Waals surface area contributed by atoms with Crippen LogP contribution in [-0.4, -0.2) is 35.5 Å². The van der Waals surface area contributed by atoms with Gasteiger partial charge in [-0.1, -0.05) is 19.8 Å². The fourth-order valence-electron chi connectivity index (χ4n) is 2.19. The molecule has 1 N–H and O–H groups in total. The second-order valence-corrected chi connectivity index (χ2v) is 5.78. The molecule has 100 valence electrons. The van der Waals surface area contributed by atoms with Crippen molar-refractivity contribution in [2.24, 2.45) is 0 Å². The predicted molar refractivity (Wildman–Crippen MR) is 74.0 cm³/mol. The Morgan fingerprint density at radius 3 is 2.78 bits per heavy atom. The van der Waals surface area contributed by atoms with Crippen molar-refractivity contribution in [3.63, 3.8) is 0 Å². The largest absolute Gasteiger partial charge is 0.337 e. The van der Waals surface area contributed by atoms with Crippen LogP contribution in [0.25, 0.3) is 0 Å². The molecule has 2 heterocycles. The van der Waals surface area contributed by atoms with Gasteiger partial charge in [0.05, 0.1) is 5.01 Å². The summed E-state index contributed by atoms with van der Waals surface area (Å²) in [6.07, 6.45) is 6.58. The lowest BCUT2D eigenvalue weighted by atomic mass is 10.2. The molecule has 1 aromatic heterocycles. The molecule has 1 unspecified atom stereocenters. The molecule has 0 spiro atoms. The summed E-state index contributed by atoms with van der Waals surface area (Å²) in [5.74, 6) is 0.293. The van der Waals surface area contributed by atoms with Crippen molar-refractivity contribution in [1.29, 1.82) is 0 Å². The van der Waals surface area contributed by atoms with Crippen LogP contribution in [0.4, 0.5) is 4.79 Å². The third-order valence-corrected chi connectivity index (χ3v) is 4.33. The Kier molecular flexibility index (Phi) is 4.99. The molecule has 2 rings (SSSR count). The highest BCUT2D eigenvalue weighted by molar-refractivity contribution is 7.09. The van der Waals surface area contributed by atoms with Crippen molar-refractivity contribution in [1.82, 2.24) is 15.2 Å². The van der Waals surface area contributed by atoms with E-state index in [2.05, 4.69) is 17.2 Å². The number of thiazole rings is 1. The van der Waals surface area contributed by atoms with Gasteiger partial charge >= 0.3 is 6.03 Å². The van der Waals surface area contributed by atoms with Gasteiger partial charge in [0, 0.05) is 37.1 Å². The summed E-state index contributed by atoms with van der Waals surface area (Å²) in [5, 5.41) is 6.09. The van der Waals surface area contributed by atoms with E-state index in [4.69, 9.17) is 0 Å². The summed E-state index contributed by atoms with van der Waals surface area (Å²) in [4.78, 5) is 18.2. The molecule has 1 aliphatic rings. The fraction of sp³-hybridized carbons (Fsp3) is 0.692. The van der Waals surface area contributed by atoms with Gasteiger partial charge in [0.25, 0.3) is 0 Å². The molecule has 0 aromatic carbocycles. The van der Waals surface area contributed by atoms with E-state index in [0.29, 0.717) is 12.5 Å². The van der Waals surface area contributed by atoms with E-state index in [0.717, 1.165) is 30.9 Å². The van der Waals surface area contributed by atoms with E-state index in [1.54, 1.807) is 11.3 Å². The monoisotopic (exact) mass is 267 g/mol. The highest BCUT2D eigenvalue weighted by Crippen LogP contribution is 2.16. The van der Waals surface area contributed by atoms with Gasteiger partial charge in [-0.05, 0) is 12.8 Å². The molecular weight excluding hydrogens is 246 g/mol. The van der Waals surface area contributed by atoms with Gasteiger partial charge in [-0.3, -0.25) is 0 Å². The highest BCUT2D eigenvalue weighted by atomic mass is 32.1. The molecule has 0 bridgehead atoms. The number of carbonyl (C=O) groups excluding carboxylic acids is 1. The molecular formula is C13H21N3OS. The van der Waals surface area contributed by atoms with Crippen molar-refractivity contribution in [3.8, 4) is 0 Å². The lowest BCUT2D eigenvalue weighted by Crippen LogP contribution is -2.41. The number of aromatic nitrogens is 1. The van der Waals surface area contributed by atoms with E-state index in [1.165, 1.54) is 12.8 Å². The molecule has 1 atom stereocenters. The number of rotatable bonds is 3. The first kappa shape index (κ1) is 13.3. The summed E-state index contributed by atoms with van der Waals surface area (Å²) in [6, 6.07) is 0.0836. The molecule has 1 fully saturated rings. The topological polar surface area (TPSA) is 45.2 Å². The Labute approximate surface area is 112 Å². The van der Waals surface area contributed by atoms with Gasteiger partial charge in [-0.2, -0.15) is 0 Å². The Morgan fingerprint density at radius 2 is 2.17 bits per heavy atom. The fourth-order valence-corrected chi connectivity index (χ4v) is 2.89. The maximum Gasteiger partial charge on any atom is 0.317 e. The van der Waals surface area contributed by atoms with Gasteiger partial charge < -0.3 is 10.2 Å². The smallest absolute Gasteiger partial charge is 0.317 e. The van der Waals surface area contributed by atoms with E-state index in [-0.39, 0.29) is 6.03 Å². The number of hydrogen-bond donors (Lipinski definition) is 1. The standard InChI is InChI=1S/C13H21N3OS/c1-11(12-14-6-9-18-12)10-15-13(17)16-7-4-2-3-5-8-16/h6,9,11H,2-5,7-8,10H2,1H3,(H,15,17). The first-order valence-electron chi connectivity index (χ1n) is 6.69. The molecule has 1 aliphatic heterocycles. The van der Waals surface area contributed by atoms with Crippen molar-refractivity contribution in [2.45, 2.75) is 38.5 Å². The van der Waals surface area contributed by atoms with Crippen LogP contribution in [0.3, 0.4) is 0 Å². The van der Waals surface area contributed by atoms with E-state index in [1.807, 2.05) is 16.5 Å². The van der Waals surface area contributed by atoms with Crippen LogP contribution in [0.5, 0.6) is 0 Å². The molecule has 4 nitrogen and oxygen atoms in total. The van der Waals surface area contributed by atoms with Crippen molar-refractivity contribution in [2.75, 3.05) is 19.6 Å². The Balaban J connectivity index is 1.77. The number of carbonyl (C=O) groups is 1. The Morgan fingerprint density at radius 1 is 1.44 bits per heavy atom. The molecule has 1 aromatic rings. The number of likely N-dealkylation sites (tertiary alicyclic amines) is 1. The molecule has 18 heavy (non-hydrogen) atoms. The summed E-state index contributed by atoms with van der Waals surface area (Å²) in [5.41, 5.74) is 0. The minimum atomic E-state index is 0.0836. The number of hydrogen-bond acceptors (Lipinski definition) is 3. The number of nitrogens with zero attached hydrogens (tertiary/aromatic N) is 2. The van der Waals surface area contributed by atoms with Crippen LogP contribution in [0.2, 0.25) is 0 Å². The van der Waals surface area contributed by atoms with Crippen molar-refractivity contribution in [3.05, 3.63) is 16.6 Å². The van der Waals surface area contributed by atoms with E-state index in [9.17, 15) is 4.79 Å². The minimum Gasteiger partial charge on any atom is -0.337 e. The van der Waals surface area contributed by atoms with E-state index < -0.39 is 0 Å². The second-order valence-electron chi connectivity index (χ2n) is 4.86. The normalized spacial score (nSPS) is 18.2. The third kappa shape index (κ3) is 3.70. The SMILES string of the molecule is CC(CNC(=O)N1CCCCCC1)c1nccs1. The average molecular weight is 267 g/mol. The zero-order chi connectivity index (χ0) is 12.8. The molecule has 1 saturated heterocycles. The van der Waals surface area contributed by atoms with Gasteiger partial charge in [-0.15, -0.1) is 11.3 Å². The van der Waals surface area contributed by atoms with Gasteiger partial charge in [0.15, 0.2) is 0 Å². The second kappa shape index (κ2) is 6.73. The van der Waals surface area contributed by atoms with Gasteiger partial charge in [-0.25, -0.2) is 9.78 Å². The summed E-state index contributed by atoms with van der Waals surface area (Å²) in [7, 11) is 0. The first-order valence-corrected chi connectivity index (χ1v) is 7.57. The lowest BCUT2D eigenvalue weighted by molar-refractivity contribution is 0.199. The van der Waals surface area contributed by atoms with Crippen LogP contribution >= 0.6 is 11.3 Å². The summed E-state index contributed by atoms with van der Waals surface area (Å²) in [6.45, 7) is 4.57. The molecule has 5 heteroatoms. The molecule has 2 amide bonds. The van der Waals surface area contributed by atoms with Gasteiger partial charge in [0.2, 0.25) is 0 Å². The lowest BCUT2D eigenvalue weighted by Gasteiger charge is -2.21. The zero-order valence-electron chi connectivity index (χ0n) is 10.9. The van der Waals surface area contributed by atoms with Crippen LogP contribution in [0, 0.1) is 0 Å². The van der Waals surface area contributed by atoms with Crippen LogP contribution in [0.1, 0.15) is 43.5 Å². The summed E-state index contributed by atoms with van der Waals surface area (Å²) < 4.78 is 0. The Hall–Kier alpha value is -1.10. The maximum atomic E-state index is 12.0. The first-order chi connectivity index (χ1) is 8.77. The third-order valence-electron chi connectivity index (χ3n) is 3.33. The van der Waals surface area contributed by atoms with Gasteiger partial charge in [0.1, 0.15) is 0 Å². The molecule has 0 saturated carbocycles. The number of nitrogens with one attached hydrogen (secondary N) is 1. The molecule has 0 aliphatic carbocycles. The van der Waals surface area contributed by atoms with Crippen molar-refractivity contribution >= 4 is 17.4 Å². The number of amides is 2. The Bertz CT molecular complexity index is 358. The predicted octanol–water partition coefficient (Wildman–Crippen LogP) is 2.83.